The number of carbonyl (C=O) groups excluding carboxylic acids is 2. The minimum absolute atomic E-state index is 0.0187. The summed E-state index contributed by atoms with van der Waals surface area (Å²) in [6.07, 6.45) is 1.86. The molecule has 0 radical (unpaired) electrons. The molecule has 5 nitrogen and oxygen atoms in total. The molecule has 0 saturated carbocycles. The van der Waals surface area contributed by atoms with Crippen molar-refractivity contribution in [2.24, 2.45) is 0 Å². The Kier molecular flexibility index (Phi) is 4.95. The van der Waals surface area contributed by atoms with E-state index in [1.54, 1.807) is 6.07 Å². The summed E-state index contributed by atoms with van der Waals surface area (Å²) in [5.41, 5.74) is 0.593. The van der Waals surface area contributed by atoms with Crippen LogP contribution < -0.4 is 0 Å². The Morgan fingerprint density at radius 3 is 2.61 bits per heavy atom. The van der Waals surface area contributed by atoms with E-state index in [0.29, 0.717) is 12.2 Å². The maximum absolute atomic E-state index is 12.3. The van der Waals surface area contributed by atoms with Crippen LogP contribution in [0.15, 0.2) is 18.3 Å². The van der Waals surface area contributed by atoms with Crippen molar-refractivity contribution in [1.82, 2.24) is 9.47 Å². The van der Waals surface area contributed by atoms with Crippen molar-refractivity contribution < 1.29 is 14.3 Å². The first-order valence-electron chi connectivity index (χ1n) is 6.04. The molecule has 0 aliphatic rings. The first-order valence-corrected chi connectivity index (χ1v) is 6.04. The molecule has 1 aromatic heterocycles. The van der Waals surface area contributed by atoms with Crippen molar-refractivity contribution in [3.05, 3.63) is 24.0 Å². The average Bonchev–Trinajstić information content (AvgIpc) is 2.83. The van der Waals surface area contributed by atoms with Gasteiger partial charge in [-0.1, -0.05) is 0 Å². The van der Waals surface area contributed by atoms with Crippen LogP contribution in [-0.4, -0.2) is 41.5 Å². The maximum atomic E-state index is 12.3. The van der Waals surface area contributed by atoms with Crippen molar-refractivity contribution in [3.63, 3.8) is 0 Å². The summed E-state index contributed by atoms with van der Waals surface area (Å²) in [6, 6.07) is 3.80. The standard InChI is InChI=1S/C13H20N2O3/c1-5-14(9-12(16)18-4)13(17)11-7-6-8-15(11)10(2)3/h6-8,10H,5,9H2,1-4H3. The van der Waals surface area contributed by atoms with Gasteiger partial charge in [-0.25, -0.2) is 0 Å². The highest BCUT2D eigenvalue weighted by Gasteiger charge is 2.20. The van der Waals surface area contributed by atoms with Gasteiger partial charge in [0, 0.05) is 18.8 Å². The van der Waals surface area contributed by atoms with Crippen LogP contribution in [0, 0.1) is 0 Å². The smallest absolute Gasteiger partial charge is 0.325 e. The predicted molar refractivity (Wildman–Crippen MR) is 68.4 cm³/mol. The molecule has 1 amide bonds. The van der Waals surface area contributed by atoms with E-state index in [1.165, 1.54) is 12.0 Å². The molecule has 1 rings (SSSR count). The van der Waals surface area contributed by atoms with Crippen LogP contribution in [0.2, 0.25) is 0 Å². The molecule has 5 heteroatoms. The highest BCUT2D eigenvalue weighted by Crippen LogP contribution is 2.13. The van der Waals surface area contributed by atoms with E-state index in [4.69, 9.17) is 0 Å². The Morgan fingerprint density at radius 2 is 2.11 bits per heavy atom. The number of amides is 1. The van der Waals surface area contributed by atoms with Gasteiger partial charge in [0.05, 0.1) is 7.11 Å². The number of aromatic nitrogens is 1. The number of ether oxygens (including phenoxy) is 1. The Balaban J connectivity index is 2.89. The normalized spacial score (nSPS) is 10.5. The van der Waals surface area contributed by atoms with Gasteiger partial charge in [-0.05, 0) is 32.9 Å². The average molecular weight is 252 g/mol. The Hall–Kier alpha value is -1.78. The van der Waals surface area contributed by atoms with Gasteiger partial charge in [-0.2, -0.15) is 0 Å². The van der Waals surface area contributed by atoms with Gasteiger partial charge in [0.25, 0.3) is 5.91 Å². The first kappa shape index (κ1) is 14.3. The number of nitrogens with zero attached hydrogens (tertiary/aromatic N) is 2. The zero-order valence-electron chi connectivity index (χ0n) is 11.3. The summed E-state index contributed by atoms with van der Waals surface area (Å²) >= 11 is 0. The predicted octanol–water partition coefficient (Wildman–Crippen LogP) is 1.70. The van der Waals surface area contributed by atoms with Crippen molar-refractivity contribution >= 4 is 11.9 Å². The van der Waals surface area contributed by atoms with Crippen LogP contribution in [0.3, 0.4) is 0 Å². The number of likely N-dealkylation sites (N-methyl/N-ethyl adjacent to an activating group) is 1. The van der Waals surface area contributed by atoms with E-state index in [1.807, 2.05) is 37.6 Å². The number of carbonyl (C=O) groups is 2. The molecule has 1 aromatic rings. The first-order chi connectivity index (χ1) is 8.51. The van der Waals surface area contributed by atoms with Gasteiger partial charge in [-0.15, -0.1) is 0 Å². The monoisotopic (exact) mass is 252 g/mol. The lowest BCUT2D eigenvalue weighted by Gasteiger charge is -2.21. The second-order valence-corrected chi connectivity index (χ2v) is 4.29. The largest absolute Gasteiger partial charge is 0.468 e. The van der Waals surface area contributed by atoms with Crippen molar-refractivity contribution in [1.29, 1.82) is 0 Å². The van der Waals surface area contributed by atoms with Crippen LogP contribution in [0.4, 0.5) is 0 Å². The Morgan fingerprint density at radius 1 is 1.44 bits per heavy atom. The highest BCUT2D eigenvalue weighted by molar-refractivity contribution is 5.94. The number of hydrogen-bond acceptors (Lipinski definition) is 3. The molecule has 0 aliphatic carbocycles. The zero-order chi connectivity index (χ0) is 13.7. The third-order valence-electron chi connectivity index (χ3n) is 2.77. The molecule has 0 atom stereocenters. The molecule has 1 heterocycles. The SMILES string of the molecule is CCN(CC(=O)OC)C(=O)c1cccn1C(C)C. The minimum Gasteiger partial charge on any atom is -0.468 e. The molecule has 0 spiro atoms. The maximum Gasteiger partial charge on any atom is 0.325 e. The van der Waals surface area contributed by atoms with Crippen LogP contribution in [0.25, 0.3) is 0 Å². The van der Waals surface area contributed by atoms with E-state index < -0.39 is 5.97 Å². The van der Waals surface area contributed by atoms with Crippen molar-refractivity contribution in [2.45, 2.75) is 26.8 Å². The van der Waals surface area contributed by atoms with E-state index in [-0.39, 0.29) is 18.5 Å². The third-order valence-corrected chi connectivity index (χ3v) is 2.77. The van der Waals surface area contributed by atoms with Crippen LogP contribution in [0.5, 0.6) is 0 Å². The van der Waals surface area contributed by atoms with E-state index >= 15 is 0 Å². The summed E-state index contributed by atoms with van der Waals surface area (Å²) in [5, 5.41) is 0. The molecule has 0 aromatic carbocycles. The molecule has 0 saturated heterocycles. The quantitative estimate of drug-likeness (QED) is 0.749. The fourth-order valence-electron chi connectivity index (χ4n) is 1.73. The number of rotatable bonds is 5. The van der Waals surface area contributed by atoms with Gasteiger partial charge < -0.3 is 14.2 Å². The van der Waals surface area contributed by atoms with Gasteiger partial charge in [0.2, 0.25) is 0 Å². The molecular formula is C13H20N2O3. The van der Waals surface area contributed by atoms with Crippen molar-refractivity contribution in [2.75, 3.05) is 20.2 Å². The minimum atomic E-state index is -0.409. The van der Waals surface area contributed by atoms with Crippen LogP contribution in [0.1, 0.15) is 37.3 Å². The fraction of sp³-hybridized carbons (Fsp3) is 0.538. The number of esters is 1. The summed E-state index contributed by atoms with van der Waals surface area (Å²) in [6.45, 7) is 6.30. The van der Waals surface area contributed by atoms with Crippen LogP contribution in [-0.2, 0) is 9.53 Å². The Bertz CT molecular complexity index is 424. The van der Waals surface area contributed by atoms with Gasteiger partial charge in [0.1, 0.15) is 12.2 Å². The fourth-order valence-corrected chi connectivity index (χ4v) is 1.73. The van der Waals surface area contributed by atoms with E-state index in [2.05, 4.69) is 4.74 Å². The molecule has 0 unspecified atom stereocenters. The molecule has 18 heavy (non-hydrogen) atoms. The number of methoxy groups -OCH3 is 1. The van der Waals surface area contributed by atoms with Crippen LogP contribution >= 0.6 is 0 Å². The van der Waals surface area contributed by atoms with E-state index in [9.17, 15) is 9.59 Å². The summed E-state index contributed by atoms with van der Waals surface area (Å²) < 4.78 is 6.48. The molecule has 0 fully saturated rings. The van der Waals surface area contributed by atoms with Gasteiger partial charge in [-0.3, -0.25) is 9.59 Å². The molecule has 100 valence electrons. The lowest BCUT2D eigenvalue weighted by Crippen LogP contribution is -2.37. The lowest BCUT2D eigenvalue weighted by atomic mass is 10.3. The third kappa shape index (κ3) is 3.12. The summed E-state index contributed by atoms with van der Waals surface area (Å²) in [7, 11) is 1.32. The second-order valence-electron chi connectivity index (χ2n) is 4.29. The lowest BCUT2D eigenvalue weighted by molar-refractivity contribution is -0.141. The summed E-state index contributed by atoms with van der Waals surface area (Å²) in [5.74, 6) is -0.561. The van der Waals surface area contributed by atoms with Gasteiger partial charge >= 0.3 is 5.97 Å². The zero-order valence-corrected chi connectivity index (χ0v) is 11.3. The topological polar surface area (TPSA) is 51.5 Å². The van der Waals surface area contributed by atoms with Crippen molar-refractivity contribution in [3.8, 4) is 0 Å². The highest BCUT2D eigenvalue weighted by atomic mass is 16.5. The second kappa shape index (κ2) is 6.23. The number of hydrogen-bond donors (Lipinski definition) is 0. The van der Waals surface area contributed by atoms with E-state index in [0.717, 1.165) is 0 Å². The summed E-state index contributed by atoms with van der Waals surface area (Å²) in [4.78, 5) is 25.0. The molecular weight excluding hydrogens is 232 g/mol. The Labute approximate surface area is 107 Å². The molecule has 0 aliphatic heterocycles. The molecule has 0 bridgehead atoms. The van der Waals surface area contributed by atoms with Gasteiger partial charge in [0.15, 0.2) is 0 Å². The molecule has 0 N–H and O–H groups in total.